The highest BCUT2D eigenvalue weighted by Gasteiger charge is 2.46. The van der Waals surface area contributed by atoms with Crippen molar-refractivity contribution in [3.05, 3.63) is 35.9 Å². The molecule has 2 unspecified atom stereocenters. The number of carboxylic acids is 1. The SMILES string of the molecule is O=C(O)CC1COCC2(CCN(C(=O)OCc3ccccc3)C2)O1. The quantitative estimate of drug-likeness (QED) is 0.901. The van der Waals surface area contributed by atoms with Crippen LogP contribution in [-0.4, -0.2) is 60.1 Å². The Bertz CT molecular complexity index is 592. The Hall–Kier alpha value is -2.12. The van der Waals surface area contributed by atoms with Crippen LogP contribution >= 0.6 is 0 Å². The van der Waals surface area contributed by atoms with Gasteiger partial charge >= 0.3 is 12.1 Å². The number of aliphatic carboxylic acids is 1. The number of hydrogen-bond donors (Lipinski definition) is 1. The van der Waals surface area contributed by atoms with Crippen LogP contribution in [-0.2, 0) is 25.6 Å². The Balaban J connectivity index is 1.52. The lowest BCUT2D eigenvalue weighted by Gasteiger charge is -2.37. The van der Waals surface area contributed by atoms with Gasteiger partial charge in [0.15, 0.2) is 0 Å². The van der Waals surface area contributed by atoms with E-state index >= 15 is 0 Å². The predicted molar refractivity (Wildman–Crippen MR) is 83.5 cm³/mol. The smallest absolute Gasteiger partial charge is 0.410 e. The largest absolute Gasteiger partial charge is 0.481 e. The molecule has 7 heteroatoms. The van der Waals surface area contributed by atoms with Gasteiger partial charge in [0.25, 0.3) is 0 Å². The maximum atomic E-state index is 12.2. The van der Waals surface area contributed by atoms with Crippen LogP contribution < -0.4 is 0 Å². The fourth-order valence-corrected chi connectivity index (χ4v) is 3.12. The van der Waals surface area contributed by atoms with Crippen molar-refractivity contribution in [3.8, 4) is 0 Å². The third-order valence-corrected chi connectivity index (χ3v) is 4.27. The van der Waals surface area contributed by atoms with Crippen molar-refractivity contribution in [2.75, 3.05) is 26.3 Å². The van der Waals surface area contributed by atoms with E-state index in [1.807, 2.05) is 30.3 Å². The van der Waals surface area contributed by atoms with E-state index in [9.17, 15) is 9.59 Å². The van der Waals surface area contributed by atoms with Gasteiger partial charge in [0, 0.05) is 6.54 Å². The Morgan fingerprint density at radius 3 is 2.88 bits per heavy atom. The number of hydrogen-bond acceptors (Lipinski definition) is 5. The highest BCUT2D eigenvalue weighted by molar-refractivity contribution is 5.68. The lowest BCUT2D eigenvalue weighted by molar-refractivity contribution is -0.196. The summed E-state index contributed by atoms with van der Waals surface area (Å²) >= 11 is 0. The molecular formula is C17H21NO6. The molecule has 2 aliphatic rings. The average molecular weight is 335 g/mol. The van der Waals surface area contributed by atoms with Crippen molar-refractivity contribution in [1.29, 1.82) is 0 Å². The van der Waals surface area contributed by atoms with Crippen LogP contribution in [0, 0.1) is 0 Å². The average Bonchev–Trinajstić information content (AvgIpc) is 2.96. The van der Waals surface area contributed by atoms with Gasteiger partial charge in [-0.25, -0.2) is 4.79 Å². The molecular weight excluding hydrogens is 314 g/mol. The molecule has 24 heavy (non-hydrogen) atoms. The predicted octanol–water partition coefficient (Wildman–Crippen LogP) is 1.66. The minimum atomic E-state index is -0.919. The first-order valence-electron chi connectivity index (χ1n) is 7.99. The summed E-state index contributed by atoms with van der Waals surface area (Å²) in [6.07, 6.45) is -0.347. The maximum Gasteiger partial charge on any atom is 0.410 e. The molecule has 2 fully saturated rings. The van der Waals surface area contributed by atoms with Crippen molar-refractivity contribution in [1.82, 2.24) is 4.90 Å². The van der Waals surface area contributed by atoms with Crippen LogP contribution in [0.25, 0.3) is 0 Å². The van der Waals surface area contributed by atoms with Crippen LogP contribution in [0.2, 0.25) is 0 Å². The highest BCUT2D eigenvalue weighted by Crippen LogP contribution is 2.31. The zero-order chi connectivity index (χ0) is 17.0. The molecule has 7 nitrogen and oxygen atoms in total. The summed E-state index contributed by atoms with van der Waals surface area (Å²) in [5.41, 5.74) is 0.308. The van der Waals surface area contributed by atoms with E-state index in [0.29, 0.717) is 26.1 Å². The second-order valence-electron chi connectivity index (χ2n) is 6.25. The van der Waals surface area contributed by atoms with Crippen LogP contribution in [0.15, 0.2) is 30.3 Å². The number of nitrogens with zero attached hydrogens (tertiary/aromatic N) is 1. The van der Waals surface area contributed by atoms with Crippen molar-refractivity contribution in [2.45, 2.75) is 31.2 Å². The third kappa shape index (κ3) is 4.04. The van der Waals surface area contributed by atoms with E-state index in [1.54, 1.807) is 4.90 Å². The molecule has 1 N–H and O–H groups in total. The van der Waals surface area contributed by atoms with Gasteiger partial charge in [-0.2, -0.15) is 0 Å². The topological polar surface area (TPSA) is 85.3 Å². The Kier molecular flexibility index (Phi) is 5.01. The highest BCUT2D eigenvalue weighted by atomic mass is 16.6. The molecule has 1 amide bonds. The summed E-state index contributed by atoms with van der Waals surface area (Å²) in [6, 6.07) is 9.48. The molecule has 2 heterocycles. The van der Waals surface area contributed by atoms with E-state index in [2.05, 4.69) is 0 Å². The third-order valence-electron chi connectivity index (χ3n) is 4.27. The number of carboxylic acid groups (broad SMARTS) is 1. The number of rotatable bonds is 4. The Morgan fingerprint density at radius 1 is 1.33 bits per heavy atom. The first kappa shape index (κ1) is 16.7. The van der Waals surface area contributed by atoms with Gasteiger partial charge in [0.1, 0.15) is 12.2 Å². The summed E-state index contributed by atoms with van der Waals surface area (Å²) in [5, 5.41) is 8.90. The van der Waals surface area contributed by atoms with Gasteiger partial charge in [-0.3, -0.25) is 4.79 Å². The van der Waals surface area contributed by atoms with Gasteiger partial charge in [-0.15, -0.1) is 0 Å². The van der Waals surface area contributed by atoms with Crippen LogP contribution in [0.5, 0.6) is 0 Å². The first-order valence-corrected chi connectivity index (χ1v) is 7.99. The molecule has 0 aromatic heterocycles. The van der Waals surface area contributed by atoms with E-state index in [1.165, 1.54) is 0 Å². The van der Waals surface area contributed by atoms with Crippen LogP contribution in [0.3, 0.4) is 0 Å². The maximum absolute atomic E-state index is 12.2. The lowest BCUT2D eigenvalue weighted by atomic mass is 10.0. The number of benzene rings is 1. The number of carbonyl (C=O) groups excluding carboxylic acids is 1. The van der Waals surface area contributed by atoms with E-state index in [4.69, 9.17) is 19.3 Å². The number of amides is 1. The van der Waals surface area contributed by atoms with Crippen molar-refractivity contribution < 1.29 is 28.9 Å². The van der Waals surface area contributed by atoms with E-state index in [-0.39, 0.29) is 25.7 Å². The zero-order valence-electron chi connectivity index (χ0n) is 13.3. The van der Waals surface area contributed by atoms with Gasteiger partial charge in [0.05, 0.1) is 32.3 Å². The number of carbonyl (C=O) groups is 2. The Morgan fingerprint density at radius 2 is 2.12 bits per heavy atom. The zero-order valence-corrected chi connectivity index (χ0v) is 13.3. The fraction of sp³-hybridized carbons (Fsp3) is 0.529. The van der Waals surface area contributed by atoms with Gasteiger partial charge in [-0.05, 0) is 12.0 Å². The minimum Gasteiger partial charge on any atom is -0.481 e. The molecule has 1 aromatic carbocycles. The second-order valence-corrected chi connectivity index (χ2v) is 6.25. The van der Waals surface area contributed by atoms with Gasteiger partial charge in [0.2, 0.25) is 0 Å². The molecule has 0 aliphatic carbocycles. The molecule has 2 saturated heterocycles. The molecule has 1 spiro atoms. The van der Waals surface area contributed by atoms with E-state index < -0.39 is 17.7 Å². The summed E-state index contributed by atoms with van der Waals surface area (Å²) < 4.78 is 16.8. The molecule has 1 aromatic rings. The standard InChI is InChI=1S/C17H21NO6/c19-15(20)8-14-10-22-12-17(24-14)6-7-18(11-17)16(21)23-9-13-4-2-1-3-5-13/h1-5,14H,6-12H2,(H,19,20). The Labute approximate surface area is 140 Å². The van der Waals surface area contributed by atoms with Crippen LogP contribution in [0.4, 0.5) is 4.79 Å². The summed E-state index contributed by atoms with van der Waals surface area (Å²) in [5.74, 6) is -0.919. The molecule has 2 aliphatic heterocycles. The van der Waals surface area contributed by atoms with Crippen molar-refractivity contribution >= 4 is 12.1 Å². The lowest BCUT2D eigenvalue weighted by Crippen LogP contribution is -2.50. The van der Waals surface area contributed by atoms with Gasteiger partial charge in [-0.1, -0.05) is 30.3 Å². The molecule has 0 bridgehead atoms. The number of likely N-dealkylation sites (tertiary alicyclic amines) is 1. The molecule has 130 valence electrons. The molecule has 2 atom stereocenters. The summed E-state index contributed by atoms with van der Waals surface area (Å²) in [6.45, 7) is 1.73. The molecule has 0 saturated carbocycles. The van der Waals surface area contributed by atoms with Crippen LogP contribution in [0.1, 0.15) is 18.4 Å². The summed E-state index contributed by atoms with van der Waals surface area (Å²) in [7, 11) is 0. The van der Waals surface area contributed by atoms with Crippen molar-refractivity contribution in [2.24, 2.45) is 0 Å². The summed E-state index contributed by atoms with van der Waals surface area (Å²) in [4.78, 5) is 24.7. The van der Waals surface area contributed by atoms with Crippen molar-refractivity contribution in [3.63, 3.8) is 0 Å². The first-order chi connectivity index (χ1) is 11.6. The normalized spacial score (nSPS) is 26.5. The molecule has 0 radical (unpaired) electrons. The van der Waals surface area contributed by atoms with E-state index in [0.717, 1.165) is 5.56 Å². The second kappa shape index (κ2) is 7.19. The van der Waals surface area contributed by atoms with Gasteiger partial charge < -0.3 is 24.2 Å². The monoisotopic (exact) mass is 335 g/mol. The fourth-order valence-electron chi connectivity index (χ4n) is 3.12. The molecule has 3 rings (SSSR count). The minimum absolute atomic E-state index is 0.0970. The number of ether oxygens (including phenoxy) is 3.